The van der Waals surface area contributed by atoms with E-state index in [9.17, 15) is 13.2 Å². The first kappa shape index (κ1) is 15.2. The zero-order chi connectivity index (χ0) is 15.5. The third kappa shape index (κ3) is 3.90. The first-order valence-electron chi connectivity index (χ1n) is 6.48. The highest BCUT2D eigenvalue weighted by Gasteiger charge is 2.29. The van der Waals surface area contributed by atoms with E-state index in [0.29, 0.717) is 5.69 Å². The molecule has 0 radical (unpaired) electrons. The number of rotatable bonds is 4. The zero-order valence-electron chi connectivity index (χ0n) is 11.7. The van der Waals surface area contributed by atoms with Crippen molar-refractivity contribution >= 4 is 5.69 Å². The van der Waals surface area contributed by atoms with Gasteiger partial charge >= 0.3 is 6.18 Å². The molecule has 0 aliphatic carbocycles. The van der Waals surface area contributed by atoms with Gasteiger partial charge in [-0.1, -0.05) is 12.1 Å². The molecule has 2 nitrogen and oxygen atoms in total. The van der Waals surface area contributed by atoms with Crippen LogP contribution in [0.15, 0.2) is 48.5 Å². The van der Waals surface area contributed by atoms with Crippen molar-refractivity contribution in [3.8, 4) is 5.75 Å². The summed E-state index contributed by atoms with van der Waals surface area (Å²) in [5.74, 6) is 0.764. The van der Waals surface area contributed by atoms with E-state index in [-0.39, 0.29) is 6.04 Å². The number of ether oxygens (including phenoxy) is 1. The molecule has 2 aromatic carbocycles. The molecule has 0 unspecified atom stereocenters. The maximum absolute atomic E-state index is 12.5. The maximum Gasteiger partial charge on any atom is 0.416 e. The Labute approximate surface area is 121 Å². The van der Waals surface area contributed by atoms with E-state index in [1.807, 2.05) is 31.2 Å². The second-order valence-corrected chi connectivity index (χ2v) is 4.71. The van der Waals surface area contributed by atoms with E-state index in [0.717, 1.165) is 23.4 Å². The van der Waals surface area contributed by atoms with E-state index in [2.05, 4.69) is 5.32 Å². The molecule has 0 amide bonds. The summed E-state index contributed by atoms with van der Waals surface area (Å²) >= 11 is 0. The number of hydrogen-bond donors (Lipinski definition) is 1. The minimum absolute atomic E-state index is 0.0207. The predicted molar refractivity (Wildman–Crippen MR) is 76.5 cm³/mol. The van der Waals surface area contributed by atoms with E-state index < -0.39 is 11.7 Å². The molecular formula is C16H16F3NO. The van der Waals surface area contributed by atoms with Crippen LogP contribution < -0.4 is 10.1 Å². The molecule has 0 aromatic heterocycles. The molecule has 5 heteroatoms. The molecule has 2 aromatic rings. The van der Waals surface area contributed by atoms with Gasteiger partial charge in [0.25, 0.3) is 0 Å². The topological polar surface area (TPSA) is 21.3 Å². The highest BCUT2D eigenvalue weighted by Crippen LogP contribution is 2.30. The first-order valence-corrected chi connectivity index (χ1v) is 6.48. The molecule has 0 fully saturated rings. The minimum Gasteiger partial charge on any atom is -0.497 e. The van der Waals surface area contributed by atoms with Crippen molar-refractivity contribution in [3.05, 3.63) is 59.7 Å². The van der Waals surface area contributed by atoms with Crippen LogP contribution >= 0.6 is 0 Å². The molecule has 1 N–H and O–H groups in total. The van der Waals surface area contributed by atoms with E-state index in [1.54, 1.807) is 7.11 Å². The van der Waals surface area contributed by atoms with Crippen LogP contribution in [0.1, 0.15) is 24.1 Å². The minimum atomic E-state index is -4.31. The predicted octanol–water partition coefficient (Wildman–Crippen LogP) is 4.89. The van der Waals surface area contributed by atoms with Gasteiger partial charge in [-0.3, -0.25) is 0 Å². The number of anilines is 1. The van der Waals surface area contributed by atoms with Crippen LogP contribution in [-0.4, -0.2) is 7.11 Å². The van der Waals surface area contributed by atoms with Crippen LogP contribution in [0.3, 0.4) is 0 Å². The number of halogens is 3. The van der Waals surface area contributed by atoms with Gasteiger partial charge in [0.05, 0.1) is 12.7 Å². The third-order valence-electron chi connectivity index (χ3n) is 3.21. The third-order valence-corrected chi connectivity index (χ3v) is 3.21. The Kier molecular flexibility index (Phi) is 4.40. The summed E-state index contributed by atoms with van der Waals surface area (Å²) in [5.41, 5.74) is 1.02. The quantitative estimate of drug-likeness (QED) is 0.867. The van der Waals surface area contributed by atoms with Crippen LogP contribution in [0, 0.1) is 0 Å². The summed E-state index contributed by atoms with van der Waals surface area (Å²) in [6, 6.07) is 12.5. The lowest BCUT2D eigenvalue weighted by Gasteiger charge is -2.16. The average Bonchev–Trinajstić information content (AvgIpc) is 2.47. The summed E-state index contributed by atoms with van der Waals surface area (Å²) in [6.07, 6.45) is -4.31. The van der Waals surface area contributed by atoms with Crippen molar-refractivity contribution in [1.29, 1.82) is 0 Å². The highest BCUT2D eigenvalue weighted by molar-refractivity contribution is 5.47. The van der Waals surface area contributed by atoms with Gasteiger partial charge in [0, 0.05) is 11.7 Å². The number of hydrogen-bond acceptors (Lipinski definition) is 2. The Morgan fingerprint density at radius 1 is 0.952 bits per heavy atom. The Hall–Kier alpha value is -2.17. The largest absolute Gasteiger partial charge is 0.497 e. The maximum atomic E-state index is 12.5. The summed E-state index contributed by atoms with van der Waals surface area (Å²) < 4.78 is 42.5. The van der Waals surface area contributed by atoms with Gasteiger partial charge in [-0.25, -0.2) is 0 Å². The van der Waals surface area contributed by atoms with Crippen LogP contribution in [0.2, 0.25) is 0 Å². The van der Waals surface area contributed by atoms with Gasteiger partial charge in [-0.2, -0.15) is 13.2 Å². The summed E-state index contributed by atoms with van der Waals surface area (Å²) in [6.45, 7) is 1.94. The van der Waals surface area contributed by atoms with Crippen molar-refractivity contribution in [2.75, 3.05) is 12.4 Å². The Balaban J connectivity index is 2.06. The normalized spacial score (nSPS) is 12.8. The Morgan fingerprint density at radius 3 is 2.00 bits per heavy atom. The monoisotopic (exact) mass is 295 g/mol. The van der Waals surface area contributed by atoms with Crippen molar-refractivity contribution in [3.63, 3.8) is 0 Å². The smallest absolute Gasteiger partial charge is 0.416 e. The fraction of sp³-hybridized carbons (Fsp3) is 0.250. The molecule has 2 rings (SSSR count). The molecule has 112 valence electrons. The van der Waals surface area contributed by atoms with Gasteiger partial charge < -0.3 is 10.1 Å². The molecule has 0 aliphatic rings. The highest BCUT2D eigenvalue weighted by atomic mass is 19.4. The lowest BCUT2D eigenvalue weighted by Crippen LogP contribution is -2.08. The van der Waals surface area contributed by atoms with Crippen molar-refractivity contribution in [2.24, 2.45) is 0 Å². The number of methoxy groups -OCH3 is 1. The van der Waals surface area contributed by atoms with E-state index >= 15 is 0 Å². The second kappa shape index (κ2) is 6.08. The van der Waals surface area contributed by atoms with Crippen LogP contribution in [0.5, 0.6) is 5.75 Å². The molecular weight excluding hydrogens is 279 g/mol. The van der Waals surface area contributed by atoms with E-state index in [4.69, 9.17) is 4.74 Å². The van der Waals surface area contributed by atoms with E-state index in [1.165, 1.54) is 12.1 Å². The summed E-state index contributed by atoms with van der Waals surface area (Å²) in [4.78, 5) is 0. The summed E-state index contributed by atoms with van der Waals surface area (Å²) in [7, 11) is 1.60. The van der Waals surface area contributed by atoms with Crippen molar-refractivity contribution < 1.29 is 17.9 Å². The fourth-order valence-electron chi connectivity index (χ4n) is 1.98. The number of nitrogens with one attached hydrogen (secondary N) is 1. The first-order chi connectivity index (χ1) is 9.90. The molecule has 1 atom stereocenters. The van der Waals surface area contributed by atoms with Crippen LogP contribution in [-0.2, 0) is 6.18 Å². The molecule has 0 aliphatic heterocycles. The molecule has 0 saturated carbocycles. The van der Waals surface area contributed by atoms with Crippen LogP contribution in [0.4, 0.5) is 18.9 Å². The SMILES string of the molecule is COc1ccc([C@@H](C)Nc2ccc(C(F)(F)F)cc2)cc1. The average molecular weight is 295 g/mol. The van der Waals surface area contributed by atoms with Gasteiger partial charge in [0.15, 0.2) is 0 Å². The molecule has 0 spiro atoms. The standard InChI is InChI=1S/C16H16F3NO/c1-11(12-3-9-15(21-2)10-4-12)20-14-7-5-13(6-8-14)16(17,18)19/h3-11,20H,1-2H3/t11-/m1/s1. The number of benzene rings is 2. The van der Waals surface area contributed by atoms with Gasteiger partial charge in [-0.15, -0.1) is 0 Å². The van der Waals surface area contributed by atoms with Gasteiger partial charge in [0.2, 0.25) is 0 Å². The van der Waals surface area contributed by atoms with Crippen LogP contribution in [0.25, 0.3) is 0 Å². The fourth-order valence-corrected chi connectivity index (χ4v) is 1.98. The molecule has 21 heavy (non-hydrogen) atoms. The van der Waals surface area contributed by atoms with Crippen molar-refractivity contribution in [1.82, 2.24) is 0 Å². The molecule has 0 saturated heterocycles. The summed E-state index contributed by atoms with van der Waals surface area (Å²) in [5, 5.41) is 3.17. The second-order valence-electron chi connectivity index (χ2n) is 4.71. The Bertz CT molecular complexity index is 576. The van der Waals surface area contributed by atoms with Gasteiger partial charge in [0.1, 0.15) is 5.75 Å². The molecule has 0 bridgehead atoms. The lowest BCUT2D eigenvalue weighted by atomic mass is 10.1. The number of alkyl halides is 3. The lowest BCUT2D eigenvalue weighted by molar-refractivity contribution is -0.137. The zero-order valence-corrected chi connectivity index (χ0v) is 11.7. The Morgan fingerprint density at radius 2 is 1.52 bits per heavy atom. The van der Waals surface area contributed by atoms with Gasteiger partial charge in [-0.05, 0) is 48.9 Å². The molecule has 0 heterocycles. The van der Waals surface area contributed by atoms with Crippen molar-refractivity contribution in [2.45, 2.75) is 19.1 Å².